The summed E-state index contributed by atoms with van der Waals surface area (Å²) in [5.74, 6) is -0.109. The van der Waals surface area contributed by atoms with E-state index in [1.807, 2.05) is 17.9 Å². The number of amides is 1. The fraction of sp³-hybridized carbons (Fsp3) is 0.500. The average molecular weight is 250 g/mol. The normalized spacial score (nSPS) is 16.9. The molecule has 1 saturated heterocycles. The van der Waals surface area contributed by atoms with Gasteiger partial charge in [-0.05, 0) is 37.5 Å². The summed E-state index contributed by atoms with van der Waals surface area (Å²) in [6, 6.07) is 6.45. The predicted molar refractivity (Wildman–Crippen MR) is 68.6 cm³/mol. The zero-order chi connectivity index (χ0) is 13.0. The fourth-order valence-corrected chi connectivity index (χ4v) is 2.21. The molecule has 0 saturated carbocycles. The van der Waals surface area contributed by atoms with Crippen LogP contribution in [-0.4, -0.2) is 30.4 Å². The predicted octanol–water partition coefficient (Wildman–Crippen LogP) is 2.10. The SMILES string of the molecule is C[C@@H](NCC(=O)N1CCCC1)c1cccc(F)c1. The van der Waals surface area contributed by atoms with E-state index >= 15 is 0 Å². The van der Waals surface area contributed by atoms with Gasteiger partial charge in [-0.25, -0.2) is 4.39 Å². The fourth-order valence-electron chi connectivity index (χ4n) is 2.21. The summed E-state index contributed by atoms with van der Waals surface area (Å²) in [7, 11) is 0. The van der Waals surface area contributed by atoms with Crippen molar-refractivity contribution in [2.75, 3.05) is 19.6 Å². The monoisotopic (exact) mass is 250 g/mol. The lowest BCUT2D eigenvalue weighted by molar-refractivity contribution is -0.129. The molecule has 1 aromatic carbocycles. The van der Waals surface area contributed by atoms with Gasteiger partial charge in [0.25, 0.3) is 0 Å². The molecule has 1 aliphatic rings. The molecule has 1 fully saturated rings. The van der Waals surface area contributed by atoms with Gasteiger partial charge in [-0.2, -0.15) is 0 Å². The van der Waals surface area contributed by atoms with Crippen molar-refractivity contribution >= 4 is 5.91 Å². The van der Waals surface area contributed by atoms with Gasteiger partial charge in [-0.15, -0.1) is 0 Å². The average Bonchev–Trinajstić information content (AvgIpc) is 2.89. The third-order valence-electron chi connectivity index (χ3n) is 3.37. The molecular weight excluding hydrogens is 231 g/mol. The number of carbonyl (C=O) groups is 1. The second-order valence-corrected chi connectivity index (χ2v) is 4.75. The van der Waals surface area contributed by atoms with Crippen molar-refractivity contribution < 1.29 is 9.18 Å². The first-order chi connectivity index (χ1) is 8.66. The second-order valence-electron chi connectivity index (χ2n) is 4.75. The Morgan fingerprint density at radius 2 is 2.17 bits per heavy atom. The van der Waals surface area contributed by atoms with Gasteiger partial charge in [0.1, 0.15) is 5.82 Å². The Hall–Kier alpha value is -1.42. The molecule has 1 aromatic rings. The number of halogens is 1. The minimum absolute atomic E-state index is 0.0211. The van der Waals surface area contributed by atoms with E-state index in [1.165, 1.54) is 12.1 Å². The number of hydrogen-bond acceptors (Lipinski definition) is 2. The molecule has 0 aromatic heterocycles. The van der Waals surface area contributed by atoms with E-state index in [-0.39, 0.29) is 17.8 Å². The molecule has 3 nitrogen and oxygen atoms in total. The molecule has 4 heteroatoms. The molecule has 0 radical (unpaired) electrons. The highest BCUT2D eigenvalue weighted by atomic mass is 19.1. The van der Waals surface area contributed by atoms with Gasteiger partial charge < -0.3 is 10.2 Å². The summed E-state index contributed by atoms with van der Waals surface area (Å²) in [4.78, 5) is 13.7. The highest BCUT2D eigenvalue weighted by molar-refractivity contribution is 5.78. The summed E-state index contributed by atoms with van der Waals surface area (Å²) < 4.78 is 13.1. The number of nitrogens with one attached hydrogen (secondary N) is 1. The third kappa shape index (κ3) is 3.29. The minimum Gasteiger partial charge on any atom is -0.342 e. The maximum Gasteiger partial charge on any atom is 0.236 e. The Labute approximate surface area is 107 Å². The number of rotatable bonds is 4. The number of benzene rings is 1. The Bertz CT molecular complexity index is 416. The second kappa shape index (κ2) is 5.96. The van der Waals surface area contributed by atoms with E-state index in [2.05, 4.69) is 5.32 Å². The van der Waals surface area contributed by atoms with Gasteiger partial charge in [0.05, 0.1) is 6.54 Å². The van der Waals surface area contributed by atoms with E-state index in [1.54, 1.807) is 6.07 Å². The van der Waals surface area contributed by atoms with Crippen molar-refractivity contribution in [3.8, 4) is 0 Å². The van der Waals surface area contributed by atoms with Crippen LogP contribution in [0.5, 0.6) is 0 Å². The van der Waals surface area contributed by atoms with Gasteiger partial charge in [-0.3, -0.25) is 4.79 Å². The highest BCUT2D eigenvalue weighted by Gasteiger charge is 2.18. The molecule has 1 aliphatic heterocycles. The summed E-state index contributed by atoms with van der Waals surface area (Å²) in [5.41, 5.74) is 0.865. The molecule has 1 amide bonds. The summed E-state index contributed by atoms with van der Waals surface area (Å²) in [5, 5.41) is 3.14. The van der Waals surface area contributed by atoms with Crippen LogP contribution < -0.4 is 5.32 Å². The molecule has 0 aliphatic carbocycles. The van der Waals surface area contributed by atoms with Crippen molar-refractivity contribution in [2.45, 2.75) is 25.8 Å². The first-order valence-corrected chi connectivity index (χ1v) is 6.43. The molecule has 98 valence electrons. The Morgan fingerprint density at radius 3 is 2.83 bits per heavy atom. The topological polar surface area (TPSA) is 32.3 Å². The molecule has 0 spiro atoms. The Morgan fingerprint density at radius 1 is 1.44 bits per heavy atom. The van der Waals surface area contributed by atoms with E-state index in [9.17, 15) is 9.18 Å². The molecule has 2 rings (SSSR count). The van der Waals surface area contributed by atoms with E-state index in [4.69, 9.17) is 0 Å². The van der Waals surface area contributed by atoms with Crippen LogP contribution >= 0.6 is 0 Å². The van der Waals surface area contributed by atoms with E-state index in [0.717, 1.165) is 31.5 Å². The molecule has 1 N–H and O–H groups in total. The number of nitrogens with zero attached hydrogens (tertiary/aromatic N) is 1. The van der Waals surface area contributed by atoms with Crippen molar-refractivity contribution in [1.29, 1.82) is 0 Å². The zero-order valence-electron chi connectivity index (χ0n) is 10.7. The highest BCUT2D eigenvalue weighted by Crippen LogP contribution is 2.13. The van der Waals surface area contributed by atoms with Crippen molar-refractivity contribution in [3.05, 3.63) is 35.6 Å². The maximum atomic E-state index is 13.1. The van der Waals surface area contributed by atoms with Gasteiger partial charge in [0.15, 0.2) is 0 Å². The summed E-state index contributed by atoms with van der Waals surface area (Å²) >= 11 is 0. The molecular formula is C14H19FN2O. The number of carbonyl (C=O) groups excluding carboxylic acids is 1. The van der Waals surface area contributed by atoms with E-state index in [0.29, 0.717) is 6.54 Å². The molecule has 1 atom stereocenters. The molecule has 1 heterocycles. The minimum atomic E-state index is -0.244. The summed E-state index contributed by atoms with van der Waals surface area (Å²) in [6.07, 6.45) is 2.20. The quantitative estimate of drug-likeness (QED) is 0.887. The Balaban J connectivity index is 1.84. The van der Waals surface area contributed by atoms with Crippen LogP contribution in [0.25, 0.3) is 0 Å². The molecule has 0 unspecified atom stereocenters. The Kier molecular flexibility index (Phi) is 4.31. The first-order valence-electron chi connectivity index (χ1n) is 6.43. The molecule has 18 heavy (non-hydrogen) atoms. The van der Waals surface area contributed by atoms with Crippen molar-refractivity contribution in [2.24, 2.45) is 0 Å². The number of likely N-dealkylation sites (tertiary alicyclic amines) is 1. The maximum absolute atomic E-state index is 13.1. The van der Waals surface area contributed by atoms with E-state index < -0.39 is 0 Å². The van der Waals surface area contributed by atoms with Crippen LogP contribution in [0.3, 0.4) is 0 Å². The zero-order valence-corrected chi connectivity index (χ0v) is 10.7. The van der Waals surface area contributed by atoms with Crippen molar-refractivity contribution in [3.63, 3.8) is 0 Å². The van der Waals surface area contributed by atoms with Gasteiger partial charge >= 0.3 is 0 Å². The van der Waals surface area contributed by atoms with Gasteiger partial charge in [0.2, 0.25) is 5.91 Å². The summed E-state index contributed by atoms with van der Waals surface area (Å²) in [6.45, 7) is 3.99. The lowest BCUT2D eigenvalue weighted by atomic mass is 10.1. The lowest BCUT2D eigenvalue weighted by Gasteiger charge is -2.18. The third-order valence-corrected chi connectivity index (χ3v) is 3.37. The van der Waals surface area contributed by atoms with Crippen LogP contribution in [0.15, 0.2) is 24.3 Å². The van der Waals surface area contributed by atoms with Crippen LogP contribution in [0.4, 0.5) is 4.39 Å². The smallest absolute Gasteiger partial charge is 0.236 e. The van der Waals surface area contributed by atoms with Crippen LogP contribution in [0.2, 0.25) is 0 Å². The number of hydrogen-bond donors (Lipinski definition) is 1. The largest absolute Gasteiger partial charge is 0.342 e. The standard InChI is InChI=1S/C14H19FN2O/c1-11(12-5-4-6-13(15)9-12)16-10-14(18)17-7-2-3-8-17/h4-6,9,11,16H,2-3,7-8,10H2,1H3/t11-/m1/s1. The van der Waals surface area contributed by atoms with Crippen LogP contribution in [0.1, 0.15) is 31.4 Å². The van der Waals surface area contributed by atoms with Gasteiger partial charge in [-0.1, -0.05) is 12.1 Å². The van der Waals surface area contributed by atoms with Crippen LogP contribution in [-0.2, 0) is 4.79 Å². The van der Waals surface area contributed by atoms with Crippen LogP contribution in [0, 0.1) is 5.82 Å². The lowest BCUT2D eigenvalue weighted by Crippen LogP contribution is -2.37. The van der Waals surface area contributed by atoms with Gasteiger partial charge in [0, 0.05) is 19.1 Å². The first kappa shape index (κ1) is 13.0. The molecule has 0 bridgehead atoms. The van der Waals surface area contributed by atoms with Crippen molar-refractivity contribution in [1.82, 2.24) is 10.2 Å².